The Morgan fingerprint density at radius 2 is 1.58 bits per heavy atom. The molecule has 2 saturated heterocycles. The summed E-state index contributed by atoms with van der Waals surface area (Å²) in [5, 5.41) is 2.52. The van der Waals surface area contributed by atoms with E-state index in [0.29, 0.717) is 21.3 Å². The van der Waals surface area contributed by atoms with Crippen molar-refractivity contribution in [3.05, 3.63) is 94.0 Å². The van der Waals surface area contributed by atoms with Gasteiger partial charge in [0.25, 0.3) is 5.91 Å². The van der Waals surface area contributed by atoms with Crippen LogP contribution in [0, 0.1) is 12.8 Å². The van der Waals surface area contributed by atoms with Crippen molar-refractivity contribution in [3.63, 3.8) is 0 Å². The van der Waals surface area contributed by atoms with E-state index in [1.807, 2.05) is 55.5 Å². The number of amides is 2. The van der Waals surface area contributed by atoms with Crippen LogP contribution in [0.5, 0.6) is 0 Å². The van der Waals surface area contributed by atoms with E-state index in [1.165, 1.54) is 4.90 Å². The van der Waals surface area contributed by atoms with Gasteiger partial charge in [0.15, 0.2) is 6.10 Å². The fraction of sp³-hybridized carbons (Fsp3) is 0.167. The molecule has 0 unspecified atom stereocenters. The van der Waals surface area contributed by atoms with Crippen molar-refractivity contribution in [2.45, 2.75) is 19.1 Å². The summed E-state index contributed by atoms with van der Waals surface area (Å²) >= 11 is 12.6. The zero-order chi connectivity index (χ0) is 21.7. The monoisotopic (exact) mass is 452 g/mol. The lowest BCUT2D eigenvalue weighted by Crippen LogP contribution is -2.37. The molecular weight excluding hydrogens is 435 g/mol. The minimum absolute atomic E-state index is 0.310. The van der Waals surface area contributed by atoms with E-state index in [9.17, 15) is 9.59 Å². The van der Waals surface area contributed by atoms with Gasteiger partial charge in [0.2, 0.25) is 5.91 Å². The Kier molecular flexibility index (Phi) is 4.97. The first kappa shape index (κ1) is 20.1. The van der Waals surface area contributed by atoms with E-state index in [4.69, 9.17) is 28.0 Å². The van der Waals surface area contributed by atoms with Crippen molar-refractivity contribution >= 4 is 46.4 Å². The number of hydrogen-bond acceptors (Lipinski definition) is 4. The van der Waals surface area contributed by atoms with E-state index >= 15 is 0 Å². The van der Waals surface area contributed by atoms with E-state index in [2.05, 4.69) is 0 Å². The van der Waals surface area contributed by atoms with Gasteiger partial charge in [-0.05, 0) is 54.4 Å². The Bertz CT molecular complexity index is 1180. The van der Waals surface area contributed by atoms with Gasteiger partial charge in [-0.2, -0.15) is 0 Å². The summed E-state index contributed by atoms with van der Waals surface area (Å²) in [6.07, 6.45) is -0.940. The molecule has 3 aromatic carbocycles. The molecule has 2 fully saturated rings. The van der Waals surface area contributed by atoms with Gasteiger partial charge in [-0.3, -0.25) is 14.4 Å². The van der Waals surface area contributed by atoms with E-state index in [-0.39, 0.29) is 11.8 Å². The Labute approximate surface area is 189 Å². The standard InChI is InChI=1S/C24H18Cl2N2O3/c1-14-6-5-9-17(12-14)27-23(29)20-21(18-11-10-15(25)13-19(18)26)28(31-22(20)24(27)30)16-7-3-2-4-8-16/h2-13,20-22H,1H3/t20-,21+,22+/m0/s1. The van der Waals surface area contributed by atoms with Crippen molar-refractivity contribution in [3.8, 4) is 0 Å². The predicted molar refractivity (Wildman–Crippen MR) is 120 cm³/mol. The molecule has 2 amide bonds. The molecule has 2 heterocycles. The number of hydrogen-bond donors (Lipinski definition) is 0. The summed E-state index contributed by atoms with van der Waals surface area (Å²) in [5.41, 5.74) is 2.91. The van der Waals surface area contributed by atoms with Gasteiger partial charge >= 0.3 is 0 Å². The highest BCUT2D eigenvalue weighted by molar-refractivity contribution is 6.35. The summed E-state index contributed by atoms with van der Waals surface area (Å²) < 4.78 is 0. The number of fused-ring (bicyclic) bond motifs is 1. The highest BCUT2D eigenvalue weighted by atomic mass is 35.5. The van der Waals surface area contributed by atoms with Gasteiger partial charge in [0.05, 0.1) is 17.4 Å². The second-order valence-electron chi connectivity index (χ2n) is 7.67. The van der Waals surface area contributed by atoms with Gasteiger partial charge in [-0.15, -0.1) is 0 Å². The zero-order valence-electron chi connectivity index (χ0n) is 16.5. The normalized spacial score (nSPS) is 22.9. The van der Waals surface area contributed by atoms with Crippen LogP contribution in [0.4, 0.5) is 11.4 Å². The quantitative estimate of drug-likeness (QED) is 0.502. The van der Waals surface area contributed by atoms with Gasteiger partial charge in [0, 0.05) is 10.0 Å². The Balaban J connectivity index is 1.62. The van der Waals surface area contributed by atoms with Crippen LogP contribution in [0.1, 0.15) is 17.2 Å². The molecule has 0 radical (unpaired) electrons. The number of carbonyl (C=O) groups excluding carboxylic acids is 2. The second-order valence-corrected chi connectivity index (χ2v) is 8.52. The fourth-order valence-electron chi connectivity index (χ4n) is 4.29. The fourth-order valence-corrected chi connectivity index (χ4v) is 4.81. The molecular formula is C24H18Cl2N2O3. The summed E-state index contributed by atoms with van der Waals surface area (Å²) in [5.74, 6) is -1.43. The molecule has 0 aromatic heterocycles. The maximum Gasteiger partial charge on any atom is 0.266 e. The van der Waals surface area contributed by atoms with Crippen LogP contribution < -0.4 is 9.96 Å². The van der Waals surface area contributed by atoms with E-state index in [1.54, 1.807) is 29.3 Å². The molecule has 0 spiro atoms. The molecule has 7 heteroatoms. The first-order valence-corrected chi connectivity index (χ1v) is 10.6. The smallest absolute Gasteiger partial charge is 0.266 e. The molecule has 156 valence electrons. The number of hydroxylamine groups is 1. The number of benzene rings is 3. The lowest BCUT2D eigenvalue weighted by Gasteiger charge is -2.29. The highest BCUT2D eigenvalue weighted by Gasteiger charge is 2.60. The average molecular weight is 453 g/mol. The van der Waals surface area contributed by atoms with E-state index < -0.39 is 18.1 Å². The minimum atomic E-state index is -0.940. The predicted octanol–water partition coefficient (Wildman–Crippen LogP) is 5.35. The highest BCUT2D eigenvalue weighted by Crippen LogP contribution is 2.49. The topological polar surface area (TPSA) is 49.9 Å². The molecule has 31 heavy (non-hydrogen) atoms. The largest absolute Gasteiger partial charge is 0.273 e. The number of halogens is 2. The maximum absolute atomic E-state index is 13.6. The Morgan fingerprint density at radius 3 is 2.29 bits per heavy atom. The van der Waals surface area contributed by atoms with Gasteiger partial charge < -0.3 is 0 Å². The Hall–Kier alpha value is -2.86. The average Bonchev–Trinajstić information content (AvgIpc) is 3.25. The van der Waals surface area contributed by atoms with E-state index in [0.717, 1.165) is 11.3 Å². The molecule has 5 rings (SSSR count). The molecule has 0 N–H and O–H groups in total. The number of para-hydroxylation sites is 1. The third-order valence-electron chi connectivity index (χ3n) is 5.67. The number of anilines is 2. The van der Waals surface area contributed by atoms with Gasteiger partial charge in [-0.1, -0.05) is 59.6 Å². The molecule has 0 saturated carbocycles. The third kappa shape index (κ3) is 3.30. The number of rotatable bonds is 3. The number of carbonyl (C=O) groups is 2. The van der Waals surface area contributed by atoms with Crippen LogP contribution in [-0.2, 0) is 14.4 Å². The second kappa shape index (κ2) is 7.68. The van der Waals surface area contributed by atoms with Crippen LogP contribution in [0.15, 0.2) is 72.8 Å². The Morgan fingerprint density at radius 1 is 0.839 bits per heavy atom. The van der Waals surface area contributed by atoms with Crippen LogP contribution >= 0.6 is 23.2 Å². The maximum atomic E-state index is 13.6. The van der Waals surface area contributed by atoms with Gasteiger partial charge in [0.1, 0.15) is 5.92 Å². The van der Waals surface area contributed by atoms with Crippen molar-refractivity contribution < 1.29 is 14.4 Å². The van der Waals surface area contributed by atoms with Gasteiger partial charge in [-0.25, -0.2) is 9.96 Å². The summed E-state index contributed by atoms with van der Waals surface area (Å²) in [6, 6.07) is 21.2. The van der Waals surface area contributed by atoms with Crippen molar-refractivity contribution in [1.29, 1.82) is 0 Å². The molecule has 3 atom stereocenters. The summed E-state index contributed by atoms with van der Waals surface area (Å²) in [7, 11) is 0. The van der Waals surface area contributed by atoms with Crippen molar-refractivity contribution in [2.75, 3.05) is 9.96 Å². The number of aryl methyl sites for hydroxylation is 1. The molecule has 2 aliphatic rings. The van der Waals surface area contributed by atoms with Crippen LogP contribution in [0.25, 0.3) is 0 Å². The lowest BCUT2D eigenvalue weighted by molar-refractivity contribution is -0.126. The summed E-state index contributed by atoms with van der Waals surface area (Å²) in [4.78, 5) is 34.2. The first-order valence-electron chi connectivity index (χ1n) is 9.86. The lowest BCUT2D eigenvalue weighted by atomic mass is 9.90. The SMILES string of the molecule is Cc1cccc(N2C(=O)[C@H]3[C@@H](c4ccc(Cl)cc4Cl)N(c4ccccc4)O[C@H]3C2=O)c1. The van der Waals surface area contributed by atoms with Crippen molar-refractivity contribution in [1.82, 2.24) is 0 Å². The van der Waals surface area contributed by atoms with Crippen LogP contribution in [0.3, 0.4) is 0 Å². The van der Waals surface area contributed by atoms with Crippen LogP contribution in [0.2, 0.25) is 10.0 Å². The third-order valence-corrected chi connectivity index (χ3v) is 6.23. The van der Waals surface area contributed by atoms with Crippen molar-refractivity contribution in [2.24, 2.45) is 5.92 Å². The van der Waals surface area contributed by atoms with Crippen LogP contribution in [-0.4, -0.2) is 17.9 Å². The number of nitrogens with zero attached hydrogens (tertiary/aromatic N) is 2. The zero-order valence-corrected chi connectivity index (χ0v) is 18.0. The molecule has 5 nitrogen and oxygen atoms in total. The molecule has 3 aromatic rings. The first-order chi connectivity index (χ1) is 15.0. The summed E-state index contributed by atoms with van der Waals surface area (Å²) in [6.45, 7) is 1.92. The minimum Gasteiger partial charge on any atom is -0.273 e. The molecule has 0 aliphatic carbocycles. The number of imide groups is 1. The molecule has 0 bridgehead atoms. The molecule has 2 aliphatic heterocycles.